The van der Waals surface area contributed by atoms with E-state index < -0.39 is 0 Å². The molecule has 2 atom stereocenters. The Kier molecular flexibility index (Phi) is 4.00. The maximum absolute atomic E-state index is 5.44. The fourth-order valence-electron chi connectivity index (χ4n) is 2.89. The summed E-state index contributed by atoms with van der Waals surface area (Å²) in [5, 5.41) is 0. The fraction of sp³-hybridized carbons (Fsp3) is 1.00. The van der Waals surface area contributed by atoms with Crippen molar-refractivity contribution in [2.75, 3.05) is 39.4 Å². The molecular formula is C12H24N2O. The normalized spacial score (nSPS) is 33.2. The van der Waals surface area contributed by atoms with Gasteiger partial charge in [0.15, 0.2) is 0 Å². The molecule has 2 heterocycles. The second-order valence-corrected chi connectivity index (χ2v) is 4.83. The lowest BCUT2D eigenvalue weighted by Gasteiger charge is -2.42. The van der Waals surface area contributed by atoms with E-state index in [4.69, 9.17) is 4.74 Å². The van der Waals surface area contributed by atoms with E-state index in [0.29, 0.717) is 6.04 Å². The van der Waals surface area contributed by atoms with Crippen LogP contribution in [0, 0.1) is 0 Å². The summed E-state index contributed by atoms with van der Waals surface area (Å²) in [5.74, 6) is 0. The molecule has 2 fully saturated rings. The third kappa shape index (κ3) is 2.71. The monoisotopic (exact) mass is 212 g/mol. The lowest BCUT2D eigenvalue weighted by Crippen LogP contribution is -2.55. The molecule has 0 aromatic heterocycles. The number of nitrogens with zero attached hydrogens (tertiary/aromatic N) is 2. The number of hydrogen-bond donors (Lipinski definition) is 0. The van der Waals surface area contributed by atoms with Crippen molar-refractivity contribution in [2.24, 2.45) is 0 Å². The maximum Gasteiger partial charge on any atom is 0.0593 e. The average Bonchev–Trinajstić information content (AvgIpc) is 2.65. The van der Waals surface area contributed by atoms with Gasteiger partial charge in [-0.3, -0.25) is 9.80 Å². The van der Waals surface area contributed by atoms with Crippen LogP contribution in [0.3, 0.4) is 0 Å². The number of hydrogen-bond acceptors (Lipinski definition) is 3. The van der Waals surface area contributed by atoms with Crippen LogP contribution in [0.5, 0.6) is 0 Å². The van der Waals surface area contributed by atoms with Gasteiger partial charge in [-0.2, -0.15) is 0 Å². The van der Waals surface area contributed by atoms with E-state index in [1.165, 1.54) is 32.5 Å². The van der Waals surface area contributed by atoms with Crippen molar-refractivity contribution in [2.45, 2.75) is 38.8 Å². The molecule has 2 aliphatic heterocycles. The minimum absolute atomic E-state index is 0.708. The predicted molar refractivity (Wildman–Crippen MR) is 62.1 cm³/mol. The zero-order valence-corrected chi connectivity index (χ0v) is 10.1. The van der Waals surface area contributed by atoms with Gasteiger partial charge in [0.2, 0.25) is 0 Å². The van der Waals surface area contributed by atoms with Crippen molar-refractivity contribution in [1.29, 1.82) is 0 Å². The van der Waals surface area contributed by atoms with E-state index in [1.54, 1.807) is 0 Å². The Balaban J connectivity index is 1.79. The first-order valence-corrected chi connectivity index (χ1v) is 6.37. The van der Waals surface area contributed by atoms with Gasteiger partial charge >= 0.3 is 0 Å². The van der Waals surface area contributed by atoms with Crippen LogP contribution in [-0.2, 0) is 4.74 Å². The summed E-state index contributed by atoms with van der Waals surface area (Å²) in [4.78, 5) is 5.27. The largest absolute Gasteiger partial charge is 0.380 e. The number of ether oxygens (including phenoxy) is 1. The molecule has 3 nitrogen and oxygen atoms in total. The van der Waals surface area contributed by atoms with E-state index in [-0.39, 0.29) is 0 Å². The molecule has 3 heteroatoms. The Bertz CT molecular complexity index is 198. The SMILES string of the molecule is CCOCCN1CC2CCCN2CC1C. The molecule has 2 rings (SSSR count). The van der Waals surface area contributed by atoms with Gasteiger partial charge in [0.1, 0.15) is 0 Å². The summed E-state index contributed by atoms with van der Waals surface area (Å²) in [6, 6.07) is 1.54. The highest BCUT2D eigenvalue weighted by Gasteiger charge is 2.33. The van der Waals surface area contributed by atoms with Gasteiger partial charge in [-0.05, 0) is 33.2 Å². The fourth-order valence-corrected chi connectivity index (χ4v) is 2.89. The molecule has 88 valence electrons. The first-order valence-electron chi connectivity index (χ1n) is 6.37. The summed E-state index contributed by atoms with van der Waals surface area (Å²) in [7, 11) is 0. The van der Waals surface area contributed by atoms with Crippen LogP contribution in [0.15, 0.2) is 0 Å². The van der Waals surface area contributed by atoms with E-state index >= 15 is 0 Å². The van der Waals surface area contributed by atoms with Gasteiger partial charge in [0.25, 0.3) is 0 Å². The van der Waals surface area contributed by atoms with E-state index in [0.717, 1.165) is 25.8 Å². The number of rotatable bonds is 4. The molecule has 0 aromatic rings. The summed E-state index contributed by atoms with van der Waals surface area (Å²) < 4.78 is 5.44. The highest BCUT2D eigenvalue weighted by atomic mass is 16.5. The van der Waals surface area contributed by atoms with Crippen molar-refractivity contribution < 1.29 is 4.74 Å². The summed E-state index contributed by atoms with van der Waals surface area (Å²) in [5.41, 5.74) is 0. The summed E-state index contributed by atoms with van der Waals surface area (Å²) >= 11 is 0. The molecular weight excluding hydrogens is 188 g/mol. The highest BCUT2D eigenvalue weighted by Crippen LogP contribution is 2.24. The zero-order chi connectivity index (χ0) is 10.7. The van der Waals surface area contributed by atoms with Crippen molar-refractivity contribution >= 4 is 0 Å². The molecule has 15 heavy (non-hydrogen) atoms. The van der Waals surface area contributed by atoms with Crippen LogP contribution in [0.25, 0.3) is 0 Å². The first-order chi connectivity index (χ1) is 7.31. The van der Waals surface area contributed by atoms with Gasteiger partial charge in [0, 0.05) is 38.3 Å². The minimum atomic E-state index is 0.708. The predicted octanol–water partition coefficient (Wildman–Crippen LogP) is 1.19. The van der Waals surface area contributed by atoms with Crippen molar-refractivity contribution in [1.82, 2.24) is 9.80 Å². The number of fused-ring (bicyclic) bond motifs is 1. The summed E-state index contributed by atoms with van der Waals surface area (Å²) in [6.07, 6.45) is 2.80. The lowest BCUT2D eigenvalue weighted by molar-refractivity contribution is 0.0329. The topological polar surface area (TPSA) is 15.7 Å². The lowest BCUT2D eigenvalue weighted by atomic mass is 10.1. The summed E-state index contributed by atoms with van der Waals surface area (Å²) in [6.45, 7) is 11.1. The molecule has 0 N–H and O–H groups in total. The molecule has 0 spiro atoms. The Morgan fingerprint density at radius 1 is 1.33 bits per heavy atom. The van der Waals surface area contributed by atoms with Crippen molar-refractivity contribution in [3.8, 4) is 0 Å². The van der Waals surface area contributed by atoms with Gasteiger partial charge in [-0.15, -0.1) is 0 Å². The zero-order valence-electron chi connectivity index (χ0n) is 10.1. The van der Waals surface area contributed by atoms with E-state index in [1.807, 2.05) is 0 Å². The quantitative estimate of drug-likeness (QED) is 0.651. The molecule has 2 unspecified atom stereocenters. The molecule has 2 saturated heterocycles. The average molecular weight is 212 g/mol. The van der Waals surface area contributed by atoms with Crippen LogP contribution >= 0.6 is 0 Å². The molecule has 0 aromatic carbocycles. The molecule has 0 saturated carbocycles. The van der Waals surface area contributed by atoms with Gasteiger partial charge < -0.3 is 4.74 Å². The van der Waals surface area contributed by atoms with Crippen LogP contribution in [0.2, 0.25) is 0 Å². The molecule has 0 bridgehead atoms. The molecule has 0 amide bonds. The molecule has 0 aliphatic carbocycles. The Hall–Kier alpha value is -0.120. The van der Waals surface area contributed by atoms with Crippen molar-refractivity contribution in [3.63, 3.8) is 0 Å². The highest BCUT2D eigenvalue weighted by molar-refractivity contribution is 4.90. The minimum Gasteiger partial charge on any atom is -0.380 e. The molecule has 2 aliphatic rings. The van der Waals surface area contributed by atoms with E-state index in [9.17, 15) is 0 Å². The second-order valence-electron chi connectivity index (χ2n) is 4.83. The standard InChI is InChI=1S/C12H24N2O/c1-3-15-8-7-13-10-12-5-4-6-14(12)9-11(13)2/h11-12H,3-10H2,1-2H3. The van der Waals surface area contributed by atoms with E-state index in [2.05, 4.69) is 23.6 Å². The van der Waals surface area contributed by atoms with Crippen LogP contribution in [0.1, 0.15) is 26.7 Å². The first kappa shape index (κ1) is 11.4. The third-order valence-corrected chi connectivity index (χ3v) is 3.79. The Morgan fingerprint density at radius 2 is 2.20 bits per heavy atom. The maximum atomic E-state index is 5.44. The van der Waals surface area contributed by atoms with Gasteiger partial charge in [0.05, 0.1) is 6.61 Å². The van der Waals surface area contributed by atoms with Crippen molar-refractivity contribution in [3.05, 3.63) is 0 Å². The van der Waals surface area contributed by atoms with Gasteiger partial charge in [-0.25, -0.2) is 0 Å². The van der Waals surface area contributed by atoms with Crippen LogP contribution < -0.4 is 0 Å². The third-order valence-electron chi connectivity index (χ3n) is 3.79. The second kappa shape index (κ2) is 5.28. The Labute approximate surface area is 93.4 Å². The van der Waals surface area contributed by atoms with Crippen LogP contribution in [0.4, 0.5) is 0 Å². The molecule has 0 radical (unpaired) electrons. The Morgan fingerprint density at radius 3 is 3.00 bits per heavy atom. The smallest absolute Gasteiger partial charge is 0.0593 e. The van der Waals surface area contributed by atoms with Crippen LogP contribution in [-0.4, -0.2) is 61.3 Å². The van der Waals surface area contributed by atoms with Gasteiger partial charge in [-0.1, -0.05) is 0 Å². The number of piperazine rings is 1.